The lowest BCUT2D eigenvalue weighted by Gasteiger charge is -2.30. The van der Waals surface area contributed by atoms with Crippen LogP contribution in [0, 0.1) is 0 Å². The fourth-order valence-electron chi connectivity index (χ4n) is 4.41. The number of nitrogens with one attached hydrogen (secondary N) is 2. The Hall–Kier alpha value is -3.73. The van der Waals surface area contributed by atoms with Crippen LogP contribution in [0.4, 0.5) is 0 Å². The maximum atomic E-state index is 13.9. The monoisotopic (exact) mass is 565 g/mol. The number of amides is 1. The van der Waals surface area contributed by atoms with Crippen LogP contribution in [0.3, 0.4) is 0 Å². The smallest absolute Gasteiger partial charge is 0.266 e. The molecule has 1 aliphatic rings. The third-order valence-corrected chi connectivity index (χ3v) is 8.30. The first-order valence-electron chi connectivity index (χ1n) is 13.4. The lowest BCUT2D eigenvalue weighted by Crippen LogP contribution is -2.53. The minimum Gasteiger partial charge on any atom is -0.494 e. The number of hydrogen-bond donors (Lipinski definition) is 3. The topological polar surface area (TPSA) is 126 Å². The van der Waals surface area contributed by atoms with Crippen molar-refractivity contribution in [1.29, 1.82) is 0 Å². The van der Waals surface area contributed by atoms with Gasteiger partial charge in [-0.05, 0) is 48.4 Å². The van der Waals surface area contributed by atoms with E-state index in [9.17, 15) is 13.2 Å². The summed E-state index contributed by atoms with van der Waals surface area (Å²) >= 11 is 0. The molecule has 0 aliphatic carbocycles. The van der Waals surface area contributed by atoms with Crippen molar-refractivity contribution in [2.24, 2.45) is 4.99 Å². The fourth-order valence-corrected chi connectivity index (χ4v) is 5.80. The van der Waals surface area contributed by atoms with Crippen molar-refractivity contribution in [2.45, 2.75) is 42.7 Å². The summed E-state index contributed by atoms with van der Waals surface area (Å²) in [6.07, 6.45) is 0.343. The van der Waals surface area contributed by atoms with Crippen LogP contribution in [0.1, 0.15) is 43.4 Å². The Morgan fingerprint density at radius 2 is 1.70 bits per heavy atom. The second-order valence-corrected chi connectivity index (χ2v) is 11.6. The van der Waals surface area contributed by atoms with Crippen molar-refractivity contribution < 1.29 is 27.8 Å². The number of sulfone groups is 1. The van der Waals surface area contributed by atoms with Gasteiger partial charge < -0.3 is 14.6 Å². The third kappa shape index (κ3) is 6.88. The zero-order valence-electron chi connectivity index (χ0n) is 22.5. The number of aliphatic hydroxyl groups is 1. The average Bonchev–Trinajstić information content (AvgIpc) is 3.39. The highest BCUT2D eigenvalue weighted by atomic mass is 32.2. The summed E-state index contributed by atoms with van der Waals surface area (Å²) in [6.45, 7) is 2.93. The fraction of sp³-hybridized carbons (Fsp3) is 0.333. The molecule has 212 valence electrons. The van der Waals surface area contributed by atoms with Crippen LogP contribution < -0.4 is 15.6 Å². The van der Waals surface area contributed by atoms with Gasteiger partial charge in [0.1, 0.15) is 5.75 Å². The summed E-state index contributed by atoms with van der Waals surface area (Å²) in [6, 6.07) is 24.5. The van der Waals surface area contributed by atoms with E-state index in [0.29, 0.717) is 36.4 Å². The lowest BCUT2D eigenvalue weighted by atomic mass is 9.85. The molecule has 3 aromatic carbocycles. The molecule has 0 aromatic heterocycles. The number of carbonyl (C=O) groups is 1. The van der Waals surface area contributed by atoms with Gasteiger partial charge in [-0.1, -0.05) is 55.5 Å². The third-order valence-electron chi connectivity index (χ3n) is 6.56. The average molecular weight is 566 g/mol. The van der Waals surface area contributed by atoms with Crippen molar-refractivity contribution in [3.8, 4) is 5.75 Å². The van der Waals surface area contributed by atoms with Gasteiger partial charge in [0.05, 0.1) is 17.3 Å². The first-order valence-corrected chi connectivity index (χ1v) is 15.0. The van der Waals surface area contributed by atoms with Gasteiger partial charge in [0.25, 0.3) is 5.91 Å². The summed E-state index contributed by atoms with van der Waals surface area (Å²) < 4.78 is 38.6. The van der Waals surface area contributed by atoms with Crippen molar-refractivity contribution in [3.05, 3.63) is 96.1 Å². The van der Waals surface area contributed by atoms with Gasteiger partial charge in [0, 0.05) is 31.6 Å². The Balaban J connectivity index is 1.72. The number of rotatable bonds is 14. The summed E-state index contributed by atoms with van der Waals surface area (Å²) in [5.74, 6) is 0.0759. The van der Waals surface area contributed by atoms with Crippen LogP contribution in [0.5, 0.6) is 5.75 Å². The van der Waals surface area contributed by atoms with E-state index in [1.807, 2.05) is 37.3 Å². The Kier molecular flexibility index (Phi) is 9.92. The maximum absolute atomic E-state index is 13.9. The van der Waals surface area contributed by atoms with Gasteiger partial charge in [0.2, 0.25) is 5.90 Å². The molecule has 4 rings (SSSR count). The van der Waals surface area contributed by atoms with Crippen LogP contribution in [0.25, 0.3) is 0 Å². The SMILES string of the molecule is CCCNNC(=O)[C@@]1(CCS(=O)(=O)c2ccccc2)N=C(c2ccc(OCCCO)cc2)O[C@H]1c1ccccc1. The first kappa shape index (κ1) is 29.3. The van der Waals surface area contributed by atoms with Gasteiger partial charge >= 0.3 is 0 Å². The van der Waals surface area contributed by atoms with Gasteiger partial charge in [0.15, 0.2) is 21.5 Å². The molecule has 3 N–H and O–H groups in total. The molecular weight excluding hydrogens is 530 g/mol. The van der Waals surface area contributed by atoms with E-state index < -0.39 is 27.4 Å². The minimum absolute atomic E-state index is 0.0425. The molecular formula is C30H35N3O6S. The highest BCUT2D eigenvalue weighted by molar-refractivity contribution is 7.91. The predicted octanol–water partition coefficient (Wildman–Crippen LogP) is 3.60. The molecule has 0 bridgehead atoms. The van der Waals surface area contributed by atoms with Crippen LogP contribution in [-0.4, -0.2) is 56.4 Å². The van der Waals surface area contributed by atoms with Crippen LogP contribution >= 0.6 is 0 Å². The van der Waals surface area contributed by atoms with Crippen molar-refractivity contribution in [1.82, 2.24) is 10.9 Å². The summed E-state index contributed by atoms with van der Waals surface area (Å²) in [5.41, 5.74) is 5.42. The normalized spacial score (nSPS) is 18.6. The number of carbonyl (C=O) groups excluding carboxylic acids is 1. The van der Waals surface area contributed by atoms with Crippen molar-refractivity contribution >= 4 is 21.6 Å². The van der Waals surface area contributed by atoms with Crippen molar-refractivity contribution in [3.63, 3.8) is 0 Å². The number of nitrogens with zero attached hydrogens (tertiary/aromatic N) is 1. The standard InChI is InChI=1S/C30H35N3O6S/c1-2-19-31-33-29(35)30(18-22-40(36,37)26-12-7-4-8-13-26)27(23-10-5-3-6-11-23)39-28(32-30)24-14-16-25(17-15-24)38-21-9-20-34/h3-8,10-17,27,31,34H,2,9,18-22H2,1H3,(H,33,35)/t27-,30-/m0/s1. The quantitative estimate of drug-likeness (QED) is 0.201. The molecule has 0 spiro atoms. The zero-order valence-corrected chi connectivity index (χ0v) is 23.3. The molecule has 0 unspecified atom stereocenters. The predicted molar refractivity (Wildman–Crippen MR) is 153 cm³/mol. The Morgan fingerprint density at radius 1 is 1.02 bits per heavy atom. The zero-order chi connectivity index (χ0) is 28.4. The summed E-state index contributed by atoms with van der Waals surface area (Å²) in [7, 11) is -3.71. The highest BCUT2D eigenvalue weighted by Crippen LogP contribution is 2.43. The second-order valence-electron chi connectivity index (χ2n) is 9.46. The first-order chi connectivity index (χ1) is 19.4. The molecule has 0 fully saturated rings. The van der Waals surface area contributed by atoms with Crippen LogP contribution in [-0.2, 0) is 19.4 Å². The molecule has 1 heterocycles. The number of hydrogen-bond acceptors (Lipinski definition) is 8. The lowest BCUT2D eigenvalue weighted by molar-refractivity contribution is -0.130. The Morgan fingerprint density at radius 3 is 2.35 bits per heavy atom. The summed E-state index contributed by atoms with van der Waals surface area (Å²) in [4.78, 5) is 18.9. The second kappa shape index (κ2) is 13.6. The Bertz CT molecular complexity index is 1380. The maximum Gasteiger partial charge on any atom is 0.266 e. The van der Waals surface area contributed by atoms with Gasteiger partial charge in [-0.15, -0.1) is 0 Å². The van der Waals surface area contributed by atoms with Crippen LogP contribution in [0.2, 0.25) is 0 Å². The molecule has 0 saturated heterocycles. The number of ether oxygens (including phenoxy) is 2. The van der Waals surface area contributed by atoms with E-state index in [0.717, 1.165) is 6.42 Å². The molecule has 2 atom stereocenters. The number of aliphatic imine (C=N–C) groups is 1. The van der Waals surface area contributed by atoms with Crippen molar-refractivity contribution in [2.75, 3.05) is 25.5 Å². The molecule has 0 radical (unpaired) electrons. The van der Waals surface area contributed by atoms with E-state index in [1.54, 1.807) is 54.6 Å². The number of hydrazine groups is 1. The number of aliphatic hydroxyl groups excluding tert-OH is 1. The van der Waals surface area contributed by atoms with Gasteiger partial charge in [-0.25, -0.2) is 18.8 Å². The van der Waals surface area contributed by atoms with E-state index >= 15 is 0 Å². The number of benzene rings is 3. The largest absolute Gasteiger partial charge is 0.494 e. The van der Waals surface area contributed by atoms with E-state index in [-0.39, 0.29) is 29.6 Å². The van der Waals surface area contributed by atoms with Gasteiger partial charge in [-0.2, -0.15) is 0 Å². The molecule has 3 aromatic rings. The molecule has 0 saturated carbocycles. The van der Waals surface area contributed by atoms with E-state index in [4.69, 9.17) is 19.6 Å². The molecule has 1 aliphatic heterocycles. The molecule has 1 amide bonds. The molecule has 10 heteroatoms. The van der Waals surface area contributed by atoms with Gasteiger partial charge in [-0.3, -0.25) is 10.2 Å². The Labute approximate surface area is 235 Å². The minimum atomic E-state index is -3.71. The summed E-state index contributed by atoms with van der Waals surface area (Å²) in [5, 5.41) is 8.98. The van der Waals surface area contributed by atoms with E-state index in [2.05, 4.69) is 10.9 Å². The van der Waals surface area contributed by atoms with E-state index in [1.165, 1.54) is 0 Å². The molecule has 40 heavy (non-hydrogen) atoms. The molecule has 9 nitrogen and oxygen atoms in total. The highest BCUT2D eigenvalue weighted by Gasteiger charge is 2.53. The van der Waals surface area contributed by atoms with Crippen LogP contribution in [0.15, 0.2) is 94.8 Å².